The van der Waals surface area contributed by atoms with Crippen molar-refractivity contribution in [3.8, 4) is 5.75 Å². The van der Waals surface area contributed by atoms with Gasteiger partial charge in [-0.05, 0) is 30.0 Å². The third-order valence-corrected chi connectivity index (χ3v) is 2.57. The van der Waals surface area contributed by atoms with E-state index in [0.29, 0.717) is 0 Å². The van der Waals surface area contributed by atoms with Crippen molar-refractivity contribution < 1.29 is 9.76 Å². The first-order valence-electron chi connectivity index (χ1n) is 5.58. The Labute approximate surface area is 102 Å². The molecule has 0 amide bonds. The molecule has 1 radical (unpaired) electrons. The van der Waals surface area contributed by atoms with Crippen LogP contribution in [0.2, 0.25) is 0 Å². The third kappa shape index (κ3) is 2.89. The molecular formula is C14H14BO2. The van der Waals surface area contributed by atoms with Crippen LogP contribution in [0.25, 0.3) is 0 Å². The highest BCUT2D eigenvalue weighted by atomic mass is 16.5. The molecule has 0 atom stereocenters. The minimum absolute atomic E-state index is 0.587. The van der Waals surface area contributed by atoms with Gasteiger partial charge in [-0.2, -0.15) is 0 Å². The van der Waals surface area contributed by atoms with Gasteiger partial charge in [0.1, 0.15) is 12.4 Å². The molecular weight excluding hydrogens is 211 g/mol. The Kier molecular flexibility index (Phi) is 3.83. The minimum atomic E-state index is -0.587. The number of benzene rings is 2. The highest BCUT2D eigenvalue weighted by molar-refractivity contribution is 6.78. The molecule has 0 aliphatic carbocycles. The van der Waals surface area contributed by atoms with Crippen LogP contribution in [-0.2, 0) is 0 Å². The highest BCUT2D eigenvalue weighted by Gasteiger charge is 2.15. The Morgan fingerprint density at radius 2 is 1.53 bits per heavy atom. The van der Waals surface area contributed by atoms with Gasteiger partial charge in [0.05, 0.1) is 0 Å². The van der Waals surface area contributed by atoms with Gasteiger partial charge < -0.3 is 9.76 Å². The quantitative estimate of drug-likeness (QED) is 0.795. The topological polar surface area (TPSA) is 29.5 Å². The summed E-state index contributed by atoms with van der Waals surface area (Å²) < 4.78 is 5.24. The van der Waals surface area contributed by atoms with Crippen molar-refractivity contribution >= 4 is 17.8 Å². The van der Waals surface area contributed by atoms with E-state index in [9.17, 15) is 5.02 Å². The number of hydrogen-bond acceptors (Lipinski definition) is 2. The molecule has 0 fully saturated rings. The van der Waals surface area contributed by atoms with Crippen molar-refractivity contribution in [1.29, 1.82) is 0 Å². The van der Waals surface area contributed by atoms with Crippen LogP contribution < -0.4 is 15.7 Å². The first kappa shape index (κ1) is 11.7. The summed E-state index contributed by atoms with van der Waals surface area (Å²) in [5.74, 6) is 0.775. The molecule has 0 saturated carbocycles. The lowest BCUT2D eigenvalue weighted by Gasteiger charge is -2.08. The second kappa shape index (κ2) is 5.55. The molecule has 1 N–H and O–H groups in total. The predicted molar refractivity (Wildman–Crippen MR) is 70.7 cm³/mol. The lowest BCUT2D eigenvalue weighted by Crippen LogP contribution is -2.41. The van der Waals surface area contributed by atoms with Crippen molar-refractivity contribution in [3.63, 3.8) is 0 Å². The van der Waals surface area contributed by atoms with E-state index in [2.05, 4.69) is 0 Å². The molecule has 17 heavy (non-hydrogen) atoms. The Morgan fingerprint density at radius 3 is 2.12 bits per heavy atom. The van der Waals surface area contributed by atoms with Crippen LogP contribution in [0.5, 0.6) is 5.75 Å². The van der Waals surface area contributed by atoms with E-state index < -0.39 is 6.92 Å². The lowest BCUT2D eigenvalue weighted by molar-refractivity contribution is 0.416. The first-order valence-corrected chi connectivity index (χ1v) is 5.58. The smallest absolute Gasteiger partial charge is 0.358 e. The normalized spacial score (nSPS) is 10.0. The molecule has 0 aromatic heterocycles. The fourth-order valence-corrected chi connectivity index (χ4v) is 1.69. The highest BCUT2D eigenvalue weighted by Crippen LogP contribution is 2.08. The summed E-state index contributed by atoms with van der Waals surface area (Å²) in [7, 11) is 0. The molecule has 85 valence electrons. The molecule has 0 bridgehead atoms. The van der Waals surface area contributed by atoms with E-state index in [0.717, 1.165) is 16.7 Å². The average molecular weight is 225 g/mol. The molecule has 0 aliphatic rings. The van der Waals surface area contributed by atoms with Gasteiger partial charge in [0.2, 0.25) is 0 Å². The second-order valence-electron chi connectivity index (χ2n) is 3.74. The van der Waals surface area contributed by atoms with Crippen LogP contribution in [0.1, 0.15) is 6.92 Å². The van der Waals surface area contributed by atoms with E-state index in [-0.39, 0.29) is 0 Å². The molecule has 0 aliphatic heterocycles. The standard InChI is InChI=1S/C14H14BO2/c1-2-17-14-10-8-13(9-11-14)15(16)12-6-4-3-5-7-12/h2-11,16H,1H3. The molecule has 2 nitrogen and oxygen atoms in total. The van der Waals surface area contributed by atoms with Gasteiger partial charge in [0, 0.05) is 0 Å². The third-order valence-electron chi connectivity index (χ3n) is 2.57. The van der Waals surface area contributed by atoms with E-state index in [1.54, 1.807) is 6.61 Å². The summed E-state index contributed by atoms with van der Waals surface area (Å²) in [6.45, 7) is 2.87. The van der Waals surface area contributed by atoms with Crippen molar-refractivity contribution in [2.45, 2.75) is 6.92 Å². The van der Waals surface area contributed by atoms with Gasteiger partial charge in [-0.25, -0.2) is 0 Å². The summed E-state index contributed by atoms with van der Waals surface area (Å²) in [5.41, 5.74) is 1.75. The summed E-state index contributed by atoms with van der Waals surface area (Å²) in [6, 6.07) is 17.0. The van der Waals surface area contributed by atoms with Crippen LogP contribution >= 0.6 is 0 Å². The fraction of sp³-hybridized carbons (Fsp3) is 0.0714. The van der Waals surface area contributed by atoms with Gasteiger partial charge in [-0.3, -0.25) is 0 Å². The van der Waals surface area contributed by atoms with Crippen molar-refractivity contribution in [3.05, 3.63) is 61.2 Å². The molecule has 0 heterocycles. The molecule has 2 rings (SSSR count). The maximum atomic E-state index is 10.2. The molecule has 3 heteroatoms. The van der Waals surface area contributed by atoms with Gasteiger partial charge in [0.25, 0.3) is 0 Å². The largest absolute Gasteiger partial charge is 0.487 e. The average Bonchev–Trinajstić information content (AvgIpc) is 2.40. The van der Waals surface area contributed by atoms with Crippen LogP contribution in [0.3, 0.4) is 0 Å². The van der Waals surface area contributed by atoms with E-state index in [4.69, 9.17) is 4.74 Å². The second-order valence-corrected chi connectivity index (χ2v) is 3.74. The Morgan fingerprint density at radius 1 is 0.941 bits per heavy atom. The van der Waals surface area contributed by atoms with Crippen LogP contribution in [0.4, 0.5) is 0 Å². The maximum absolute atomic E-state index is 10.2. The summed E-state index contributed by atoms with van der Waals surface area (Å²) in [5, 5.41) is 10.2. The van der Waals surface area contributed by atoms with E-state index >= 15 is 0 Å². The lowest BCUT2D eigenvalue weighted by atomic mass is 9.56. The predicted octanol–water partition coefficient (Wildman–Crippen LogP) is 1.35. The van der Waals surface area contributed by atoms with E-state index in [1.807, 2.05) is 61.5 Å². The zero-order valence-corrected chi connectivity index (χ0v) is 9.71. The van der Waals surface area contributed by atoms with Crippen molar-refractivity contribution in [2.75, 3.05) is 0 Å². The summed E-state index contributed by atoms with van der Waals surface area (Å²) in [6.07, 6.45) is 0. The van der Waals surface area contributed by atoms with Gasteiger partial charge in [-0.15, -0.1) is 0 Å². The van der Waals surface area contributed by atoms with Gasteiger partial charge >= 0.3 is 6.92 Å². The molecule has 2 aromatic carbocycles. The Hall–Kier alpha value is -1.74. The Balaban J connectivity index is 2.17. The van der Waals surface area contributed by atoms with Crippen molar-refractivity contribution in [1.82, 2.24) is 0 Å². The molecule has 0 spiro atoms. The molecule has 2 aromatic rings. The fourth-order valence-electron chi connectivity index (χ4n) is 1.69. The number of hydrogen-bond donors (Lipinski definition) is 1. The Bertz CT molecular complexity index is 453. The van der Waals surface area contributed by atoms with Gasteiger partial charge in [0.15, 0.2) is 0 Å². The monoisotopic (exact) mass is 225 g/mol. The first-order chi connectivity index (χ1) is 8.31. The van der Waals surface area contributed by atoms with E-state index in [1.165, 1.54) is 0 Å². The number of ether oxygens (including phenoxy) is 1. The number of rotatable bonds is 4. The zero-order chi connectivity index (χ0) is 12.1. The van der Waals surface area contributed by atoms with Gasteiger partial charge in [-0.1, -0.05) is 42.5 Å². The molecule has 0 saturated heterocycles. The molecule has 0 unspecified atom stereocenters. The maximum Gasteiger partial charge on any atom is 0.358 e. The van der Waals surface area contributed by atoms with Crippen LogP contribution in [0, 0.1) is 6.61 Å². The summed E-state index contributed by atoms with van der Waals surface area (Å²) >= 11 is 0. The van der Waals surface area contributed by atoms with Crippen molar-refractivity contribution in [2.24, 2.45) is 0 Å². The van der Waals surface area contributed by atoms with Crippen LogP contribution in [0.15, 0.2) is 54.6 Å². The SMILES string of the molecule is C[CH]Oc1ccc(B(O)c2ccccc2)cc1. The minimum Gasteiger partial charge on any atom is -0.487 e. The zero-order valence-electron chi connectivity index (χ0n) is 9.71. The summed E-state index contributed by atoms with van der Waals surface area (Å²) in [4.78, 5) is 0. The van der Waals surface area contributed by atoms with Crippen LogP contribution in [-0.4, -0.2) is 11.9 Å².